The van der Waals surface area contributed by atoms with Crippen molar-refractivity contribution < 1.29 is 0 Å². The largest absolute Gasteiger partial charge is 0.334 e. The molecule has 0 unspecified atom stereocenters. The number of hydrogen-bond donors (Lipinski definition) is 1. The van der Waals surface area contributed by atoms with Gasteiger partial charge in [-0.3, -0.25) is 0 Å². The molecular weight excluding hydrogens is 186 g/mol. The summed E-state index contributed by atoms with van der Waals surface area (Å²) >= 11 is 0. The average Bonchev–Trinajstić information content (AvgIpc) is 2.65. The lowest BCUT2D eigenvalue weighted by Gasteiger charge is -2.06. The van der Waals surface area contributed by atoms with E-state index in [1.54, 1.807) is 6.20 Å². The van der Waals surface area contributed by atoms with Crippen molar-refractivity contribution in [3.05, 3.63) is 42.2 Å². The SMILES string of the molecule is C[C@H](N)c1ccc(-c2nccn2C)cc1. The Kier molecular flexibility index (Phi) is 2.56. The minimum atomic E-state index is 0.0837. The Balaban J connectivity index is 2.36. The van der Waals surface area contributed by atoms with Crippen LogP contribution in [0.3, 0.4) is 0 Å². The lowest BCUT2D eigenvalue weighted by atomic mass is 10.1. The van der Waals surface area contributed by atoms with Crippen LogP contribution in [0.1, 0.15) is 18.5 Å². The summed E-state index contributed by atoms with van der Waals surface area (Å²) in [4.78, 5) is 4.29. The summed E-state index contributed by atoms with van der Waals surface area (Å²) in [6, 6.07) is 8.30. The number of nitrogens with two attached hydrogens (primary N) is 1. The van der Waals surface area contributed by atoms with Gasteiger partial charge >= 0.3 is 0 Å². The van der Waals surface area contributed by atoms with E-state index < -0.39 is 0 Å². The Morgan fingerprint density at radius 1 is 1.27 bits per heavy atom. The first-order valence-electron chi connectivity index (χ1n) is 5.01. The summed E-state index contributed by atoms with van der Waals surface area (Å²) in [5, 5.41) is 0. The smallest absolute Gasteiger partial charge is 0.139 e. The van der Waals surface area contributed by atoms with Crippen LogP contribution in [0, 0.1) is 0 Å². The second-order valence-corrected chi connectivity index (χ2v) is 3.77. The number of nitrogens with zero attached hydrogens (tertiary/aromatic N) is 2. The summed E-state index contributed by atoms with van der Waals surface area (Å²) in [6.45, 7) is 1.98. The van der Waals surface area contributed by atoms with E-state index >= 15 is 0 Å². The molecule has 1 aromatic carbocycles. The van der Waals surface area contributed by atoms with Gasteiger partial charge in [-0.1, -0.05) is 24.3 Å². The minimum absolute atomic E-state index is 0.0837. The van der Waals surface area contributed by atoms with E-state index in [1.807, 2.05) is 24.7 Å². The van der Waals surface area contributed by atoms with Gasteiger partial charge in [0.2, 0.25) is 0 Å². The van der Waals surface area contributed by atoms with Gasteiger partial charge in [0.25, 0.3) is 0 Å². The van der Waals surface area contributed by atoms with Crippen molar-refractivity contribution in [2.75, 3.05) is 0 Å². The molecule has 2 N–H and O–H groups in total. The predicted molar refractivity (Wildman–Crippen MR) is 61.2 cm³/mol. The molecule has 0 saturated heterocycles. The van der Waals surface area contributed by atoms with Gasteiger partial charge in [0, 0.05) is 31.0 Å². The van der Waals surface area contributed by atoms with Gasteiger partial charge in [0.15, 0.2) is 0 Å². The summed E-state index contributed by atoms with van der Waals surface area (Å²) in [7, 11) is 1.99. The lowest BCUT2D eigenvalue weighted by molar-refractivity contribution is 0.818. The number of rotatable bonds is 2. The van der Waals surface area contributed by atoms with E-state index in [0.717, 1.165) is 17.0 Å². The van der Waals surface area contributed by atoms with Crippen molar-refractivity contribution in [2.24, 2.45) is 12.8 Å². The van der Waals surface area contributed by atoms with Crippen molar-refractivity contribution in [3.8, 4) is 11.4 Å². The topological polar surface area (TPSA) is 43.8 Å². The van der Waals surface area contributed by atoms with Crippen LogP contribution in [0.25, 0.3) is 11.4 Å². The highest BCUT2D eigenvalue weighted by Gasteiger charge is 2.04. The molecule has 2 rings (SSSR count). The van der Waals surface area contributed by atoms with Crippen LogP contribution in [-0.2, 0) is 7.05 Å². The molecule has 78 valence electrons. The maximum Gasteiger partial charge on any atom is 0.139 e. The second-order valence-electron chi connectivity index (χ2n) is 3.77. The zero-order valence-corrected chi connectivity index (χ0v) is 9.01. The molecule has 0 bridgehead atoms. The molecule has 0 fully saturated rings. The lowest BCUT2D eigenvalue weighted by Crippen LogP contribution is -2.04. The molecule has 0 aliphatic rings. The van der Waals surface area contributed by atoms with Crippen LogP contribution in [-0.4, -0.2) is 9.55 Å². The van der Waals surface area contributed by atoms with Crippen LogP contribution in [0.15, 0.2) is 36.7 Å². The summed E-state index contributed by atoms with van der Waals surface area (Å²) in [5.74, 6) is 0.978. The van der Waals surface area contributed by atoms with Gasteiger partial charge in [-0.15, -0.1) is 0 Å². The summed E-state index contributed by atoms with van der Waals surface area (Å²) in [6.07, 6.45) is 3.74. The van der Waals surface area contributed by atoms with E-state index in [9.17, 15) is 0 Å². The first-order chi connectivity index (χ1) is 7.18. The Labute approximate surface area is 89.6 Å². The third-order valence-corrected chi connectivity index (χ3v) is 2.52. The van der Waals surface area contributed by atoms with Crippen molar-refractivity contribution in [2.45, 2.75) is 13.0 Å². The fourth-order valence-corrected chi connectivity index (χ4v) is 1.58. The first kappa shape index (κ1) is 9.93. The molecular formula is C12H15N3. The average molecular weight is 201 g/mol. The zero-order valence-electron chi connectivity index (χ0n) is 9.01. The summed E-state index contributed by atoms with van der Waals surface area (Å²) < 4.78 is 2.00. The highest BCUT2D eigenvalue weighted by molar-refractivity contribution is 5.56. The van der Waals surface area contributed by atoms with E-state index in [4.69, 9.17) is 5.73 Å². The highest BCUT2D eigenvalue weighted by Crippen LogP contribution is 2.19. The number of imidazole rings is 1. The minimum Gasteiger partial charge on any atom is -0.334 e. The van der Waals surface area contributed by atoms with Crippen molar-refractivity contribution in [1.82, 2.24) is 9.55 Å². The van der Waals surface area contributed by atoms with Gasteiger partial charge in [-0.05, 0) is 12.5 Å². The first-order valence-corrected chi connectivity index (χ1v) is 5.01. The number of benzene rings is 1. The molecule has 1 aromatic heterocycles. The molecule has 0 spiro atoms. The van der Waals surface area contributed by atoms with Gasteiger partial charge in [-0.25, -0.2) is 4.98 Å². The molecule has 2 aromatic rings. The van der Waals surface area contributed by atoms with Crippen LogP contribution < -0.4 is 5.73 Å². The molecule has 3 heteroatoms. The quantitative estimate of drug-likeness (QED) is 0.808. The molecule has 0 amide bonds. The second kappa shape index (κ2) is 3.87. The van der Waals surface area contributed by atoms with Gasteiger partial charge in [0.1, 0.15) is 5.82 Å². The van der Waals surface area contributed by atoms with Gasteiger partial charge in [-0.2, -0.15) is 0 Å². The third kappa shape index (κ3) is 1.92. The Morgan fingerprint density at radius 2 is 1.93 bits per heavy atom. The maximum atomic E-state index is 5.79. The van der Waals surface area contributed by atoms with Crippen LogP contribution >= 0.6 is 0 Å². The zero-order chi connectivity index (χ0) is 10.8. The molecule has 3 nitrogen and oxygen atoms in total. The number of hydrogen-bond acceptors (Lipinski definition) is 2. The predicted octanol–water partition coefficient (Wildman–Crippen LogP) is 2.11. The normalized spacial score (nSPS) is 12.7. The van der Waals surface area contributed by atoms with E-state index in [2.05, 4.69) is 29.2 Å². The fourth-order valence-electron chi connectivity index (χ4n) is 1.58. The van der Waals surface area contributed by atoms with E-state index in [-0.39, 0.29) is 6.04 Å². The molecule has 15 heavy (non-hydrogen) atoms. The molecule has 1 heterocycles. The standard InChI is InChI=1S/C12H15N3/c1-9(13)10-3-5-11(6-4-10)12-14-7-8-15(12)2/h3-9H,13H2,1-2H3/t9-/m0/s1. The number of aryl methyl sites for hydroxylation is 1. The third-order valence-electron chi connectivity index (χ3n) is 2.52. The van der Waals surface area contributed by atoms with Crippen molar-refractivity contribution in [3.63, 3.8) is 0 Å². The Hall–Kier alpha value is -1.61. The van der Waals surface area contributed by atoms with Gasteiger partial charge in [0.05, 0.1) is 0 Å². The highest BCUT2D eigenvalue weighted by atomic mass is 15.0. The Bertz CT molecular complexity index is 440. The molecule has 0 saturated carbocycles. The van der Waals surface area contributed by atoms with Crippen molar-refractivity contribution >= 4 is 0 Å². The fraction of sp³-hybridized carbons (Fsp3) is 0.250. The molecule has 1 atom stereocenters. The van der Waals surface area contributed by atoms with Gasteiger partial charge < -0.3 is 10.3 Å². The van der Waals surface area contributed by atoms with Crippen LogP contribution in [0.5, 0.6) is 0 Å². The van der Waals surface area contributed by atoms with Crippen LogP contribution in [0.4, 0.5) is 0 Å². The number of aromatic nitrogens is 2. The molecule has 0 aliphatic carbocycles. The van der Waals surface area contributed by atoms with E-state index in [0.29, 0.717) is 0 Å². The Morgan fingerprint density at radius 3 is 2.40 bits per heavy atom. The van der Waals surface area contributed by atoms with Crippen LogP contribution in [0.2, 0.25) is 0 Å². The summed E-state index contributed by atoms with van der Waals surface area (Å²) in [5.41, 5.74) is 8.06. The van der Waals surface area contributed by atoms with E-state index in [1.165, 1.54) is 0 Å². The molecule has 0 radical (unpaired) electrons. The monoisotopic (exact) mass is 201 g/mol. The molecule has 0 aliphatic heterocycles. The maximum absolute atomic E-state index is 5.79. The van der Waals surface area contributed by atoms with Crippen molar-refractivity contribution in [1.29, 1.82) is 0 Å².